The van der Waals surface area contributed by atoms with Crippen LogP contribution in [0.3, 0.4) is 0 Å². The van der Waals surface area contributed by atoms with E-state index >= 15 is 0 Å². The number of carboxylic acid groups (broad SMARTS) is 2. The molecule has 1 aromatic rings. The van der Waals surface area contributed by atoms with Crippen LogP contribution in [0.25, 0.3) is 0 Å². The fraction of sp³-hybridized carbons (Fsp3) is 0.733. The molecule has 0 aromatic heterocycles. The maximum Gasteiger partial charge on any atom is 0.317 e. The lowest BCUT2D eigenvalue weighted by atomic mass is 10.1. The van der Waals surface area contributed by atoms with Crippen molar-refractivity contribution < 1.29 is 29.4 Å². The number of rotatable bonds is 19. The molecule has 2 amide bonds. The van der Waals surface area contributed by atoms with Gasteiger partial charge in [0.15, 0.2) is 0 Å². The minimum Gasteiger partial charge on any atom is -0.480 e. The molecule has 1 heterocycles. The van der Waals surface area contributed by atoms with Gasteiger partial charge < -0.3 is 42.1 Å². The molecule has 1 fully saturated rings. The largest absolute Gasteiger partial charge is 0.480 e. The normalized spacial score (nSPS) is 16.9. The van der Waals surface area contributed by atoms with Gasteiger partial charge in [0, 0.05) is 78.5 Å². The minimum absolute atomic E-state index is 0.0345. The Kier molecular flexibility index (Phi) is 17.9. The molecule has 1 atom stereocenters. The average molecular weight is 668 g/mol. The van der Waals surface area contributed by atoms with Crippen molar-refractivity contribution in [1.29, 1.82) is 0 Å². The fourth-order valence-electron chi connectivity index (χ4n) is 5.24. The number of anilines is 2. The zero-order valence-corrected chi connectivity index (χ0v) is 27.7. The van der Waals surface area contributed by atoms with Crippen LogP contribution in [0.1, 0.15) is 33.1 Å². The number of unbranched alkanes of at least 4 members (excludes halogenated alkanes) is 2. The van der Waals surface area contributed by atoms with Crippen molar-refractivity contribution in [2.24, 2.45) is 5.73 Å². The number of carbonyl (C=O) groups is 4. The van der Waals surface area contributed by atoms with Gasteiger partial charge in [0.2, 0.25) is 11.8 Å². The maximum absolute atomic E-state index is 13.0. The summed E-state index contributed by atoms with van der Waals surface area (Å²) in [4.78, 5) is 80.1. The number of hydrogen-bond donors (Lipinski definition) is 7. The van der Waals surface area contributed by atoms with Crippen LogP contribution in [0.4, 0.5) is 11.4 Å². The van der Waals surface area contributed by atoms with Crippen LogP contribution in [-0.2, 0) is 19.2 Å². The van der Waals surface area contributed by atoms with Crippen molar-refractivity contribution >= 4 is 35.1 Å². The van der Waals surface area contributed by atoms with Gasteiger partial charge in [-0.3, -0.25) is 43.5 Å². The molecular weight excluding hydrogens is 614 g/mol. The first kappa shape index (κ1) is 39.5. The Morgan fingerprint density at radius 3 is 1.62 bits per heavy atom. The van der Waals surface area contributed by atoms with E-state index in [1.807, 2.05) is 11.8 Å². The molecule has 0 radical (unpaired) electrons. The zero-order chi connectivity index (χ0) is 34.8. The summed E-state index contributed by atoms with van der Waals surface area (Å²) in [6, 6.07) is -0.993. The van der Waals surface area contributed by atoms with E-state index in [0.717, 1.165) is 25.8 Å². The third-order valence-electron chi connectivity index (χ3n) is 8.07. The lowest BCUT2D eigenvalue weighted by molar-refractivity contribution is -0.140. The van der Waals surface area contributed by atoms with Crippen LogP contribution < -0.4 is 37.9 Å². The number of carbonyl (C=O) groups excluding carboxylic acids is 2. The lowest BCUT2D eigenvalue weighted by Gasteiger charge is -2.33. The second kappa shape index (κ2) is 21.3. The molecule has 2 rings (SSSR count). The molecule has 0 spiro atoms. The third kappa shape index (κ3) is 14.3. The second-order valence-corrected chi connectivity index (χ2v) is 11.7. The van der Waals surface area contributed by atoms with E-state index in [-0.39, 0.29) is 50.6 Å². The number of aliphatic carboxylic acids is 2. The number of hydrogen-bond acceptors (Lipinski definition) is 13. The second-order valence-electron chi connectivity index (χ2n) is 11.7. The topological polar surface area (TPSA) is 230 Å². The smallest absolute Gasteiger partial charge is 0.317 e. The van der Waals surface area contributed by atoms with Gasteiger partial charge in [0.1, 0.15) is 17.4 Å². The van der Waals surface area contributed by atoms with Crippen molar-refractivity contribution in [3.63, 3.8) is 0 Å². The number of amides is 2. The van der Waals surface area contributed by atoms with Crippen molar-refractivity contribution in [2.45, 2.75) is 39.2 Å². The first-order valence-electron chi connectivity index (χ1n) is 16.4. The van der Waals surface area contributed by atoms with Gasteiger partial charge in [-0.15, -0.1) is 0 Å². The van der Waals surface area contributed by atoms with Gasteiger partial charge in [0.05, 0.1) is 19.6 Å². The van der Waals surface area contributed by atoms with Crippen LogP contribution in [0, 0.1) is 0 Å². The van der Waals surface area contributed by atoms with E-state index in [9.17, 15) is 39.0 Å². The van der Waals surface area contributed by atoms with Crippen LogP contribution in [0.5, 0.6) is 0 Å². The highest BCUT2D eigenvalue weighted by Gasteiger charge is 2.24. The minimum atomic E-state index is -1.00. The monoisotopic (exact) mass is 667 g/mol. The first-order chi connectivity index (χ1) is 22.5. The molecule has 1 aliphatic heterocycles. The van der Waals surface area contributed by atoms with E-state index in [4.69, 9.17) is 5.73 Å². The zero-order valence-electron chi connectivity index (χ0n) is 27.7. The molecule has 266 valence electrons. The molecule has 0 aliphatic carbocycles. The highest BCUT2D eigenvalue weighted by molar-refractivity contribution is 5.88. The first-order valence-corrected chi connectivity index (χ1v) is 16.4. The molecule has 1 unspecified atom stereocenters. The summed E-state index contributed by atoms with van der Waals surface area (Å²) in [5, 5.41) is 30.0. The summed E-state index contributed by atoms with van der Waals surface area (Å²) in [5.41, 5.74) is 5.11. The van der Waals surface area contributed by atoms with Crippen LogP contribution >= 0.6 is 0 Å². The quantitative estimate of drug-likeness (QED) is 0.0587. The lowest BCUT2D eigenvalue weighted by Crippen LogP contribution is -2.54. The predicted molar refractivity (Wildman–Crippen MR) is 179 cm³/mol. The summed E-state index contributed by atoms with van der Waals surface area (Å²) in [5.74, 6) is -2.85. The van der Waals surface area contributed by atoms with Crippen molar-refractivity contribution in [3.8, 4) is 0 Å². The molecule has 47 heavy (non-hydrogen) atoms. The Bertz CT molecular complexity index is 1220. The van der Waals surface area contributed by atoms with Gasteiger partial charge in [-0.05, 0) is 13.0 Å². The molecule has 1 saturated heterocycles. The van der Waals surface area contributed by atoms with Gasteiger partial charge in [-0.1, -0.05) is 26.7 Å². The molecule has 0 saturated carbocycles. The van der Waals surface area contributed by atoms with Gasteiger partial charge >= 0.3 is 11.9 Å². The predicted octanol–water partition coefficient (Wildman–Crippen LogP) is -2.73. The SMILES string of the molecule is CCCCCNc1c(NCCNC(=O)C(CN)NC(=O)CN2CCN(CC)CCN(CC(=O)O)CCN(CC(=O)O)CC2)c(=O)c1=O. The van der Waals surface area contributed by atoms with Crippen molar-refractivity contribution in [3.05, 3.63) is 20.4 Å². The Balaban J connectivity index is 1.91. The van der Waals surface area contributed by atoms with E-state index < -0.39 is 40.7 Å². The van der Waals surface area contributed by atoms with E-state index in [2.05, 4.69) is 33.1 Å². The van der Waals surface area contributed by atoms with E-state index in [0.29, 0.717) is 58.9 Å². The maximum atomic E-state index is 13.0. The Morgan fingerprint density at radius 1 is 0.702 bits per heavy atom. The van der Waals surface area contributed by atoms with E-state index in [1.54, 1.807) is 9.80 Å². The molecular formula is C30H53N9O8. The van der Waals surface area contributed by atoms with Crippen LogP contribution in [-0.4, -0.2) is 164 Å². The van der Waals surface area contributed by atoms with Crippen LogP contribution in [0.15, 0.2) is 9.59 Å². The summed E-state index contributed by atoms with van der Waals surface area (Å²) in [6.07, 6.45) is 2.92. The fourth-order valence-corrected chi connectivity index (χ4v) is 5.24. The summed E-state index contributed by atoms with van der Waals surface area (Å²) in [7, 11) is 0. The number of nitrogens with zero attached hydrogens (tertiary/aromatic N) is 4. The number of nitrogens with two attached hydrogens (primary N) is 1. The Morgan fingerprint density at radius 2 is 1.17 bits per heavy atom. The van der Waals surface area contributed by atoms with E-state index in [1.165, 1.54) is 0 Å². The molecule has 8 N–H and O–H groups in total. The Hall–Kier alpha value is -3.64. The molecule has 1 aliphatic rings. The third-order valence-corrected chi connectivity index (χ3v) is 8.07. The molecule has 1 aromatic carbocycles. The van der Waals surface area contributed by atoms with Gasteiger partial charge in [-0.25, -0.2) is 0 Å². The number of nitrogens with one attached hydrogen (secondary N) is 4. The summed E-state index contributed by atoms with van der Waals surface area (Å²) < 4.78 is 0. The van der Waals surface area contributed by atoms with Crippen molar-refractivity contribution in [1.82, 2.24) is 30.2 Å². The number of carboxylic acids is 2. The standard InChI is InChI=1S/C30H53N9O8/c1-3-5-6-7-32-26-27(29(46)28(26)45)33-8-9-34-30(47)22(18-31)35-23(40)19-37-12-10-36(4-2)11-13-38(20-24(41)42)16-17-39(15-14-37)21-25(43)44/h22,32-33H,3-21,31H2,1-2H3,(H,34,47)(H,35,40)(H,41,42)(H,43,44). The van der Waals surface area contributed by atoms with Crippen LogP contribution in [0.2, 0.25) is 0 Å². The summed E-state index contributed by atoms with van der Waals surface area (Å²) in [6.45, 7) is 8.90. The molecule has 17 nitrogen and oxygen atoms in total. The highest BCUT2D eigenvalue weighted by atomic mass is 16.4. The van der Waals surface area contributed by atoms with Gasteiger partial charge in [-0.2, -0.15) is 0 Å². The van der Waals surface area contributed by atoms with Gasteiger partial charge in [0.25, 0.3) is 10.9 Å². The molecule has 17 heteroatoms. The van der Waals surface area contributed by atoms with Crippen molar-refractivity contribution in [2.75, 3.05) is 115 Å². The number of likely N-dealkylation sites (N-methyl/N-ethyl adjacent to an activating group) is 1. The molecule has 0 bridgehead atoms. The average Bonchev–Trinajstić information content (AvgIpc) is 3.03. The summed E-state index contributed by atoms with van der Waals surface area (Å²) >= 11 is 0. The Labute approximate surface area is 275 Å². The highest BCUT2D eigenvalue weighted by Crippen LogP contribution is 2.14.